The van der Waals surface area contributed by atoms with Crippen molar-refractivity contribution in [1.82, 2.24) is 14.7 Å². The Bertz CT molecular complexity index is 546. The Morgan fingerprint density at radius 1 is 1.59 bits per heavy atom. The van der Waals surface area contributed by atoms with Crippen LogP contribution in [0.5, 0.6) is 5.75 Å². The normalized spacial score (nSPS) is 20.2. The number of hydrogen-bond acceptors (Lipinski definition) is 3. The quantitative estimate of drug-likeness (QED) is 0.892. The number of hydrogen-bond donors (Lipinski definition) is 2. The van der Waals surface area contributed by atoms with Gasteiger partial charge in [-0.2, -0.15) is 0 Å². The van der Waals surface area contributed by atoms with Gasteiger partial charge in [-0.3, -0.25) is 4.40 Å². The van der Waals surface area contributed by atoms with E-state index >= 15 is 0 Å². The number of imidazole rings is 1. The molecule has 0 radical (unpaired) electrons. The Labute approximate surface area is 108 Å². The lowest BCUT2D eigenvalue weighted by Crippen LogP contribution is -2.24. The fourth-order valence-corrected chi connectivity index (χ4v) is 3.03. The van der Waals surface area contributed by atoms with Gasteiger partial charge in [-0.25, -0.2) is 4.98 Å². The van der Waals surface area contributed by atoms with Crippen LogP contribution in [0.15, 0.2) is 22.9 Å². The average molecular weight is 296 g/mol. The zero-order chi connectivity index (χ0) is 11.8. The first kappa shape index (κ1) is 11.0. The van der Waals surface area contributed by atoms with Gasteiger partial charge in [-0.05, 0) is 47.4 Å². The van der Waals surface area contributed by atoms with Crippen molar-refractivity contribution >= 4 is 21.4 Å². The molecule has 1 unspecified atom stereocenters. The summed E-state index contributed by atoms with van der Waals surface area (Å²) in [5, 5.41) is 13.3. The molecule has 0 bridgehead atoms. The summed E-state index contributed by atoms with van der Waals surface area (Å²) in [4.78, 5) is 4.49. The van der Waals surface area contributed by atoms with Gasteiger partial charge in [0.15, 0.2) is 0 Å². The van der Waals surface area contributed by atoms with E-state index in [1.807, 2.05) is 16.7 Å². The number of halogens is 1. The second-order valence-electron chi connectivity index (χ2n) is 4.43. The van der Waals surface area contributed by atoms with Crippen molar-refractivity contribution in [2.45, 2.75) is 25.3 Å². The third-order valence-electron chi connectivity index (χ3n) is 3.26. The molecule has 2 N–H and O–H groups in total. The van der Waals surface area contributed by atoms with Crippen molar-refractivity contribution in [2.75, 3.05) is 6.54 Å². The number of aromatic hydroxyl groups is 1. The first-order valence-corrected chi connectivity index (χ1v) is 6.63. The molecule has 17 heavy (non-hydrogen) atoms. The Hall–Kier alpha value is -1.07. The second kappa shape index (κ2) is 4.31. The van der Waals surface area contributed by atoms with Crippen LogP contribution in [0.1, 0.15) is 18.7 Å². The van der Waals surface area contributed by atoms with Crippen LogP contribution in [0.4, 0.5) is 0 Å². The molecule has 0 aromatic carbocycles. The van der Waals surface area contributed by atoms with Gasteiger partial charge < -0.3 is 10.4 Å². The molecule has 0 spiro atoms. The smallest absolute Gasteiger partial charge is 0.142 e. The maximum absolute atomic E-state index is 9.82. The maximum Gasteiger partial charge on any atom is 0.142 e. The summed E-state index contributed by atoms with van der Waals surface area (Å²) in [6.07, 6.45) is 5.28. The summed E-state index contributed by atoms with van der Waals surface area (Å²) < 4.78 is 2.67. The molecule has 4 nitrogen and oxygen atoms in total. The van der Waals surface area contributed by atoms with Gasteiger partial charge in [-0.1, -0.05) is 0 Å². The summed E-state index contributed by atoms with van der Waals surface area (Å²) in [6, 6.07) is 4.02. The Morgan fingerprint density at radius 3 is 3.24 bits per heavy atom. The Balaban J connectivity index is 2.01. The van der Waals surface area contributed by atoms with E-state index in [0.29, 0.717) is 10.6 Å². The molecule has 1 aliphatic heterocycles. The topological polar surface area (TPSA) is 49.6 Å². The minimum Gasteiger partial charge on any atom is -0.506 e. The highest BCUT2D eigenvalue weighted by atomic mass is 79.9. The molecule has 0 saturated carbocycles. The van der Waals surface area contributed by atoms with E-state index in [2.05, 4.69) is 26.2 Å². The molecule has 3 heterocycles. The van der Waals surface area contributed by atoms with Crippen molar-refractivity contribution in [3.8, 4) is 5.75 Å². The van der Waals surface area contributed by atoms with Crippen LogP contribution in [-0.4, -0.2) is 27.1 Å². The molecular weight excluding hydrogens is 282 g/mol. The zero-order valence-electron chi connectivity index (χ0n) is 9.36. The first-order valence-electron chi connectivity index (χ1n) is 5.83. The van der Waals surface area contributed by atoms with Gasteiger partial charge in [-0.15, -0.1) is 0 Å². The van der Waals surface area contributed by atoms with Crippen LogP contribution in [0.3, 0.4) is 0 Å². The molecule has 90 valence electrons. The van der Waals surface area contributed by atoms with Crippen molar-refractivity contribution in [2.24, 2.45) is 0 Å². The van der Waals surface area contributed by atoms with Gasteiger partial charge >= 0.3 is 0 Å². The van der Waals surface area contributed by atoms with Crippen molar-refractivity contribution in [3.63, 3.8) is 0 Å². The number of nitrogens with one attached hydrogen (secondary N) is 1. The summed E-state index contributed by atoms with van der Waals surface area (Å²) in [5.41, 5.74) is 0.750. The molecule has 5 heteroatoms. The van der Waals surface area contributed by atoms with Crippen molar-refractivity contribution < 1.29 is 5.11 Å². The fourth-order valence-electron chi connectivity index (χ4n) is 2.43. The lowest BCUT2D eigenvalue weighted by molar-refractivity contribution is 0.478. The van der Waals surface area contributed by atoms with Crippen LogP contribution < -0.4 is 5.32 Å². The minimum atomic E-state index is 0.262. The summed E-state index contributed by atoms with van der Waals surface area (Å²) in [6.45, 7) is 1.10. The van der Waals surface area contributed by atoms with Crippen molar-refractivity contribution in [1.29, 1.82) is 0 Å². The summed E-state index contributed by atoms with van der Waals surface area (Å²) >= 11 is 3.41. The van der Waals surface area contributed by atoms with Gasteiger partial charge in [0.05, 0.1) is 0 Å². The summed E-state index contributed by atoms with van der Waals surface area (Å²) in [5.74, 6) is 1.25. The highest BCUT2D eigenvalue weighted by Gasteiger charge is 2.19. The molecule has 2 aromatic rings. The highest BCUT2D eigenvalue weighted by Crippen LogP contribution is 2.27. The molecule has 2 aromatic heterocycles. The Kier molecular flexibility index (Phi) is 2.80. The predicted octanol–water partition coefficient (Wildman–Crippen LogP) is 2.10. The number of aromatic nitrogens is 2. The SMILES string of the molecule is Oc1cccn2c(CC3CCCN3)nc(Br)c12. The van der Waals surface area contributed by atoms with Crippen LogP contribution in [0, 0.1) is 0 Å². The molecule has 0 aliphatic carbocycles. The zero-order valence-corrected chi connectivity index (χ0v) is 10.9. The molecular formula is C12H14BrN3O. The number of nitrogens with zero attached hydrogens (tertiary/aromatic N) is 2. The third kappa shape index (κ3) is 1.93. The molecule has 0 amide bonds. The maximum atomic E-state index is 9.82. The lowest BCUT2D eigenvalue weighted by Gasteiger charge is -2.08. The van der Waals surface area contributed by atoms with Gasteiger partial charge in [0, 0.05) is 18.7 Å². The highest BCUT2D eigenvalue weighted by molar-refractivity contribution is 9.10. The predicted molar refractivity (Wildman–Crippen MR) is 69.3 cm³/mol. The molecule has 3 rings (SSSR count). The number of fused-ring (bicyclic) bond motifs is 1. The van der Waals surface area contributed by atoms with Crippen LogP contribution >= 0.6 is 15.9 Å². The van der Waals surface area contributed by atoms with Crippen LogP contribution in [0.2, 0.25) is 0 Å². The molecule has 1 fully saturated rings. The first-order chi connectivity index (χ1) is 8.25. The van der Waals surface area contributed by atoms with Crippen LogP contribution in [0.25, 0.3) is 5.52 Å². The fraction of sp³-hybridized carbons (Fsp3) is 0.417. The Morgan fingerprint density at radius 2 is 2.47 bits per heavy atom. The number of pyridine rings is 1. The van der Waals surface area contributed by atoms with Crippen LogP contribution in [-0.2, 0) is 6.42 Å². The van der Waals surface area contributed by atoms with E-state index in [0.717, 1.165) is 24.3 Å². The van der Waals surface area contributed by atoms with Gasteiger partial charge in [0.25, 0.3) is 0 Å². The largest absolute Gasteiger partial charge is 0.506 e. The monoisotopic (exact) mass is 295 g/mol. The van der Waals surface area contributed by atoms with E-state index in [4.69, 9.17) is 0 Å². The van der Waals surface area contributed by atoms with E-state index in [-0.39, 0.29) is 5.75 Å². The molecule has 1 atom stereocenters. The molecule has 1 saturated heterocycles. The van der Waals surface area contributed by atoms with Crippen molar-refractivity contribution in [3.05, 3.63) is 28.8 Å². The average Bonchev–Trinajstić information content (AvgIpc) is 2.90. The van der Waals surface area contributed by atoms with Gasteiger partial charge in [0.2, 0.25) is 0 Å². The van der Waals surface area contributed by atoms with E-state index < -0.39 is 0 Å². The minimum absolute atomic E-state index is 0.262. The van der Waals surface area contributed by atoms with E-state index in [1.165, 1.54) is 12.8 Å². The standard InChI is InChI=1S/C12H14BrN3O/c13-12-11-9(17)4-2-6-16(11)10(15-12)7-8-3-1-5-14-8/h2,4,6,8,14,17H,1,3,5,7H2. The molecule has 1 aliphatic rings. The number of rotatable bonds is 2. The second-order valence-corrected chi connectivity index (χ2v) is 5.18. The van der Waals surface area contributed by atoms with E-state index in [9.17, 15) is 5.11 Å². The lowest BCUT2D eigenvalue weighted by atomic mass is 10.1. The summed E-state index contributed by atoms with van der Waals surface area (Å²) in [7, 11) is 0. The van der Waals surface area contributed by atoms with Gasteiger partial charge in [0.1, 0.15) is 21.7 Å². The van der Waals surface area contributed by atoms with E-state index in [1.54, 1.807) is 6.07 Å². The third-order valence-corrected chi connectivity index (χ3v) is 3.82.